The average molecular weight is 235 g/mol. The summed E-state index contributed by atoms with van der Waals surface area (Å²) in [6.07, 6.45) is 1.93. The maximum Gasteiger partial charge on any atom is 0.246 e. The molecule has 1 atom stereocenters. The van der Waals surface area contributed by atoms with Gasteiger partial charge in [0.15, 0.2) is 0 Å². The van der Waals surface area contributed by atoms with Crippen molar-refractivity contribution in [1.82, 2.24) is 5.32 Å². The molecule has 0 saturated carbocycles. The van der Waals surface area contributed by atoms with E-state index in [-0.39, 0.29) is 18.6 Å². The SMILES string of the molecule is CCOCC(=O)N[C@H](C)CCc1ccccc1. The first-order chi connectivity index (χ1) is 8.22. The van der Waals surface area contributed by atoms with Crippen molar-refractivity contribution in [3.05, 3.63) is 35.9 Å². The van der Waals surface area contributed by atoms with Crippen molar-refractivity contribution in [2.24, 2.45) is 0 Å². The summed E-state index contributed by atoms with van der Waals surface area (Å²) in [5, 5.41) is 2.92. The van der Waals surface area contributed by atoms with E-state index < -0.39 is 0 Å². The van der Waals surface area contributed by atoms with Crippen LogP contribution in [0.2, 0.25) is 0 Å². The molecule has 0 fully saturated rings. The third kappa shape index (κ3) is 6.07. The van der Waals surface area contributed by atoms with Gasteiger partial charge >= 0.3 is 0 Å². The van der Waals surface area contributed by atoms with Gasteiger partial charge in [0.2, 0.25) is 5.91 Å². The number of ether oxygens (including phenoxy) is 1. The maximum atomic E-state index is 11.4. The summed E-state index contributed by atoms with van der Waals surface area (Å²) in [7, 11) is 0. The quantitative estimate of drug-likeness (QED) is 0.786. The van der Waals surface area contributed by atoms with E-state index in [0.29, 0.717) is 6.61 Å². The van der Waals surface area contributed by atoms with Crippen LogP contribution in [-0.4, -0.2) is 25.2 Å². The molecule has 0 spiro atoms. The fraction of sp³-hybridized carbons (Fsp3) is 0.500. The minimum Gasteiger partial charge on any atom is -0.372 e. The van der Waals surface area contributed by atoms with Gasteiger partial charge in [-0.3, -0.25) is 4.79 Å². The van der Waals surface area contributed by atoms with E-state index in [1.807, 2.05) is 32.0 Å². The fourth-order valence-electron chi connectivity index (χ4n) is 1.61. The van der Waals surface area contributed by atoms with E-state index in [9.17, 15) is 4.79 Å². The van der Waals surface area contributed by atoms with Crippen LogP contribution in [-0.2, 0) is 16.0 Å². The molecule has 1 rings (SSSR count). The highest BCUT2D eigenvalue weighted by molar-refractivity contribution is 5.77. The summed E-state index contributed by atoms with van der Waals surface area (Å²) in [5.74, 6) is -0.0348. The lowest BCUT2D eigenvalue weighted by Crippen LogP contribution is -2.35. The molecule has 1 aromatic carbocycles. The van der Waals surface area contributed by atoms with Crippen LogP contribution in [0.5, 0.6) is 0 Å². The van der Waals surface area contributed by atoms with E-state index in [4.69, 9.17) is 4.74 Å². The van der Waals surface area contributed by atoms with Gasteiger partial charge in [0.25, 0.3) is 0 Å². The molecule has 0 bridgehead atoms. The first-order valence-electron chi connectivity index (χ1n) is 6.13. The Labute approximate surface area is 103 Å². The first kappa shape index (κ1) is 13.7. The van der Waals surface area contributed by atoms with E-state index >= 15 is 0 Å². The van der Waals surface area contributed by atoms with Crippen LogP contribution >= 0.6 is 0 Å². The fourth-order valence-corrected chi connectivity index (χ4v) is 1.61. The number of carbonyl (C=O) groups is 1. The second kappa shape index (κ2) is 7.85. The molecule has 0 radical (unpaired) electrons. The highest BCUT2D eigenvalue weighted by Gasteiger charge is 2.06. The number of benzene rings is 1. The van der Waals surface area contributed by atoms with Gasteiger partial charge < -0.3 is 10.1 Å². The molecule has 0 aliphatic carbocycles. The number of nitrogens with one attached hydrogen (secondary N) is 1. The van der Waals surface area contributed by atoms with Crippen LogP contribution in [0.25, 0.3) is 0 Å². The molecule has 1 amide bonds. The number of aryl methyl sites for hydroxylation is 1. The molecule has 3 heteroatoms. The first-order valence-corrected chi connectivity index (χ1v) is 6.13. The normalized spacial score (nSPS) is 12.1. The number of hydrogen-bond donors (Lipinski definition) is 1. The molecular weight excluding hydrogens is 214 g/mol. The number of carbonyl (C=O) groups excluding carboxylic acids is 1. The van der Waals surface area contributed by atoms with Gasteiger partial charge in [-0.15, -0.1) is 0 Å². The summed E-state index contributed by atoms with van der Waals surface area (Å²) in [4.78, 5) is 11.4. The molecule has 17 heavy (non-hydrogen) atoms. The largest absolute Gasteiger partial charge is 0.372 e. The Morgan fingerprint density at radius 2 is 2.06 bits per heavy atom. The lowest BCUT2D eigenvalue weighted by molar-refractivity contribution is -0.126. The molecule has 3 nitrogen and oxygen atoms in total. The molecule has 0 heterocycles. The minimum absolute atomic E-state index is 0.0348. The maximum absolute atomic E-state index is 11.4. The van der Waals surface area contributed by atoms with Crippen molar-refractivity contribution in [2.45, 2.75) is 32.7 Å². The van der Waals surface area contributed by atoms with Crippen molar-refractivity contribution in [3.8, 4) is 0 Å². The molecule has 0 aliphatic rings. The van der Waals surface area contributed by atoms with E-state index in [1.165, 1.54) is 5.56 Å². The second-order valence-electron chi connectivity index (χ2n) is 4.13. The van der Waals surface area contributed by atoms with Gasteiger partial charge in [0.05, 0.1) is 0 Å². The Morgan fingerprint density at radius 3 is 2.71 bits per heavy atom. The minimum atomic E-state index is -0.0348. The molecule has 0 aliphatic heterocycles. The Morgan fingerprint density at radius 1 is 1.35 bits per heavy atom. The zero-order valence-corrected chi connectivity index (χ0v) is 10.6. The highest BCUT2D eigenvalue weighted by atomic mass is 16.5. The predicted molar refractivity (Wildman–Crippen MR) is 68.9 cm³/mol. The van der Waals surface area contributed by atoms with Crippen LogP contribution in [0.4, 0.5) is 0 Å². The Balaban J connectivity index is 2.21. The van der Waals surface area contributed by atoms with Crippen LogP contribution in [0.3, 0.4) is 0 Å². The van der Waals surface area contributed by atoms with Gasteiger partial charge in [-0.1, -0.05) is 30.3 Å². The topological polar surface area (TPSA) is 38.3 Å². The lowest BCUT2D eigenvalue weighted by Gasteiger charge is -2.13. The summed E-state index contributed by atoms with van der Waals surface area (Å²) in [6.45, 7) is 4.64. The smallest absolute Gasteiger partial charge is 0.246 e. The van der Waals surface area contributed by atoms with Crippen molar-refractivity contribution in [3.63, 3.8) is 0 Å². The Hall–Kier alpha value is -1.35. The van der Waals surface area contributed by atoms with Crippen LogP contribution in [0.15, 0.2) is 30.3 Å². The third-order valence-corrected chi connectivity index (χ3v) is 2.55. The lowest BCUT2D eigenvalue weighted by atomic mass is 10.1. The zero-order valence-electron chi connectivity index (χ0n) is 10.6. The van der Waals surface area contributed by atoms with Gasteiger partial charge in [-0.2, -0.15) is 0 Å². The Kier molecular flexibility index (Phi) is 6.33. The third-order valence-electron chi connectivity index (χ3n) is 2.55. The number of hydrogen-bond acceptors (Lipinski definition) is 2. The van der Waals surface area contributed by atoms with Crippen molar-refractivity contribution in [2.75, 3.05) is 13.2 Å². The highest BCUT2D eigenvalue weighted by Crippen LogP contribution is 2.04. The van der Waals surface area contributed by atoms with E-state index in [1.54, 1.807) is 0 Å². The summed E-state index contributed by atoms with van der Waals surface area (Å²) < 4.78 is 5.05. The summed E-state index contributed by atoms with van der Waals surface area (Å²) in [5.41, 5.74) is 1.30. The molecule has 1 aromatic rings. The summed E-state index contributed by atoms with van der Waals surface area (Å²) in [6, 6.07) is 10.5. The van der Waals surface area contributed by atoms with E-state index in [0.717, 1.165) is 12.8 Å². The van der Waals surface area contributed by atoms with Crippen LogP contribution in [0.1, 0.15) is 25.8 Å². The van der Waals surface area contributed by atoms with Gasteiger partial charge in [0.1, 0.15) is 6.61 Å². The summed E-state index contributed by atoms with van der Waals surface area (Å²) >= 11 is 0. The number of amides is 1. The second-order valence-corrected chi connectivity index (χ2v) is 4.13. The molecule has 0 saturated heterocycles. The number of rotatable bonds is 7. The van der Waals surface area contributed by atoms with Crippen LogP contribution in [0, 0.1) is 0 Å². The molecular formula is C14H21NO2. The zero-order chi connectivity index (χ0) is 12.5. The Bertz CT molecular complexity index is 324. The van der Waals surface area contributed by atoms with Crippen molar-refractivity contribution in [1.29, 1.82) is 0 Å². The standard InChI is InChI=1S/C14H21NO2/c1-3-17-11-14(16)15-12(2)9-10-13-7-5-4-6-8-13/h4-8,12H,3,9-11H2,1-2H3,(H,15,16)/t12-/m1/s1. The van der Waals surface area contributed by atoms with Crippen molar-refractivity contribution < 1.29 is 9.53 Å². The van der Waals surface area contributed by atoms with Crippen molar-refractivity contribution >= 4 is 5.91 Å². The van der Waals surface area contributed by atoms with Crippen LogP contribution < -0.4 is 5.32 Å². The van der Waals surface area contributed by atoms with Gasteiger partial charge in [-0.25, -0.2) is 0 Å². The molecule has 94 valence electrons. The van der Waals surface area contributed by atoms with Gasteiger partial charge in [-0.05, 0) is 32.3 Å². The molecule has 0 aromatic heterocycles. The molecule has 0 unspecified atom stereocenters. The average Bonchev–Trinajstić information content (AvgIpc) is 2.35. The van der Waals surface area contributed by atoms with E-state index in [2.05, 4.69) is 17.4 Å². The van der Waals surface area contributed by atoms with Gasteiger partial charge in [0, 0.05) is 12.6 Å². The molecule has 1 N–H and O–H groups in total. The monoisotopic (exact) mass is 235 g/mol. The predicted octanol–water partition coefficient (Wildman–Crippen LogP) is 2.16.